The zero-order valence-electron chi connectivity index (χ0n) is 17.3. The Morgan fingerprint density at radius 3 is 2.70 bits per heavy atom. The Morgan fingerprint density at radius 2 is 1.90 bits per heavy atom. The van der Waals surface area contributed by atoms with Crippen molar-refractivity contribution < 1.29 is 4.79 Å². The summed E-state index contributed by atoms with van der Waals surface area (Å²) in [5, 5.41) is 4.67. The molecule has 30 heavy (non-hydrogen) atoms. The second kappa shape index (κ2) is 10.1. The molecule has 5 heteroatoms. The summed E-state index contributed by atoms with van der Waals surface area (Å²) in [6.45, 7) is 4.56. The molecule has 0 unspecified atom stereocenters. The molecule has 0 radical (unpaired) electrons. The van der Waals surface area contributed by atoms with E-state index in [9.17, 15) is 4.79 Å². The van der Waals surface area contributed by atoms with Gasteiger partial charge in [-0.25, -0.2) is 4.98 Å². The van der Waals surface area contributed by atoms with Gasteiger partial charge in [0.25, 0.3) is 0 Å². The van der Waals surface area contributed by atoms with Crippen LogP contribution in [0.3, 0.4) is 0 Å². The van der Waals surface area contributed by atoms with Crippen LogP contribution in [0, 0.1) is 0 Å². The summed E-state index contributed by atoms with van der Waals surface area (Å²) in [5.74, 6) is 0. The number of allylic oxidation sites excluding steroid dienone is 1. The number of piperidine rings is 1. The number of nitrogens with one attached hydrogen (secondary N) is 1. The molecule has 0 atom stereocenters. The second-order valence-electron chi connectivity index (χ2n) is 7.75. The average molecular weight is 401 g/mol. The Balaban J connectivity index is 1.50. The first-order chi connectivity index (χ1) is 14.8. The molecule has 5 nitrogen and oxygen atoms in total. The van der Waals surface area contributed by atoms with Crippen LogP contribution in [0.15, 0.2) is 54.9 Å². The standard InChI is InChI=1S/C25H28N4O/c30-17-4-6-20-7-9-21(10-8-20)24-18-25(22-19-26-13-11-23(22)28-24)27-12-5-16-29-14-2-1-3-15-29/h4,6-11,13,17-19H,1-3,5,12,14-16H2,(H,27,28)/b6-4+. The third-order valence-electron chi connectivity index (χ3n) is 5.60. The molecule has 2 aromatic heterocycles. The van der Waals surface area contributed by atoms with Crippen LogP contribution in [0.1, 0.15) is 31.2 Å². The second-order valence-corrected chi connectivity index (χ2v) is 7.75. The minimum Gasteiger partial charge on any atom is -0.384 e. The number of pyridine rings is 2. The van der Waals surface area contributed by atoms with Crippen LogP contribution in [-0.2, 0) is 4.79 Å². The largest absolute Gasteiger partial charge is 0.384 e. The van der Waals surface area contributed by atoms with Crippen LogP contribution in [0.25, 0.3) is 28.2 Å². The van der Waals surface area contributed by atoms with E-state index < -0.39 is 0 Å². The lowest BCUT2D eigenvalue weighted by atomic mass is 10.1. The highest BCUT2D eigenvalue weighted by Gasteiger charge is 2.10. The van der Waals surface area contributed by atoms with Gasteiger partial charge in [-0.1, -0.05) is 36.8 Å². The molecule has 0 spiro atoms. The zero-order chi connectivity index (χ0) is 20.6. The number of aromatic nitrogens is 2. The smallest absolute Gasteiger partial charge is 0.142 e. The van der Waals surface area contributed by atoms with Crippen molar-refractivity contribution in [3.05, 3.63) is 60.4 Å². The van der Waals surface area contributed by atoms with E-state index >= 15 is 0 Å². The van der Waals surface area contributed by atoms with Crippen LogP contribution in [-0.4, -0.2) is 47.3 Å². The average Bonchev–Trinajstić information content (AvgIpc) is 2.81. The lowest BCUT2D eigenvalue weighted by Crippen LogP contribution is -2.31. The van der Waals surface area contributed by atoms with E-state index in [1.165, 1.54) is 38.4 Å². The van der Waals surface area contributed by atoms with Crippen LogP contribution in [0.5, 0.6) is 0 Å². The van der Waals surface area contributed by atoms with Crippen molar-refractivity contribution in [1.82, 2.24) is 14.9 Å². The normalized spacial score (nSPS) is 14.9. The molecule has 1 N–H and O–H groups in total. The number of nitrogens with zero attached hydrogens (tertiary/aromatic N) is 3. The number of aldehydes is 1. The molecule has 154 valence electrons. The molecular formula is C25H28N4O. The molecule has 4 rings (SSSR count). The highest BCUT2D eigenvalue weighted by atomic mass is 16.1. The lowest BCUT2D eigenvalue weighted by Gasteiger charge is -2.26. The molecule has 1 aromatic carbocycles. The SMILES string of the molecule is O=C/C=C/c1ccc(-c2cc(NCCCN3CCCCC3)c3cnccc3n2)cc1. The van der Waals surface area contributed by atoms with Gasteiger partial charge in [0, 0.05) is 35.6 Å². The Bertz CT molecular complexity index is 1010. The number of hydrogen-bond acceptors (Lipinski definition) is 5. The predicted octanol–water partition coefficient (Wildman–Crippen LogP) is 4.80. The van der Waals surface area contributed by atoms with Crippen molar-refractivity contribution in [3.8, 4) is 11.3 Å². The summed E-state index contributed by atoms with van der Waals surface area (Å²) in [6.07, 6.45) is 12.9. The Morgan fingerprint density at radius 1 is 1.07 bits per heavy atom. The van der Waals surface area contributed by atoms with Crippen LogP contribution < -0.4 is 5.32 Å². The highest BCUT2D eigenvalue weighted by molar-refractivity contribution is 5.93. The van der Waals surface area contributed by atoms with Crippen LogP contribution in [0.2, 0.25) is 0 Å². The maximum atomic E-state index is 10.5. The van der Waals surface area contributed by atoms with Crippen LogP contribution in [0.4, 0.5) is 5.69 Å². The maximum Gasteiger partial charge on any atom is 0.142 e. The molecule has 0 saturated carbocycles. The molecule has 3 heterocycles. The zero-order valence-corrected chi connectivity index (χ0v) is 17.3. The van der Waals surface area contributed by atoms with Gasteiger partial charge in [0.05, 0.1) is 11.2 Å². The van der Waals surface area contributed by atoms with Crippen molar-refractivity contribution in [3.63, 3.8) is 0 Å². The van der Waals surface area contributed by atoms with Crippen molar-refractivity contribution in [2.75, 3.05) is 31.5 Å². The van der Waals surface area contributed by atoms with Gasteiger partial charge in [-0.05, 0) is 62.7 Å². The van der Waals surface area contributed by atoms with E-state index in [0.717, 1.165) is 59.2 Å². The topological polar surface area (TPSA) is 58.1 Å². The monoisotopic (exact) mass is 400 g/mol. The third-order valence-corrected chi connectivity index (χ3v) is 5.60. The van der Waals surface area contributed by atoms with E-state index in [0.29, 0.717) is 0 Å². The quantitative estimate of drug-likeness (QED) is 0.334. The number of rotatable bonds is 8. The van der Waals surface area contributed by atoms with Gasteiger partial charge < -0.3 is 10.2 Å². The van der Waals surface area contributed by atoms with E-state index in [4.69, 9.17) is 4.98 Å². The van der Waals surface area contributed by atoms with E-state index in [-0.39, 0.29) is 0 Å². The first-order valence-corrected chi connectivity index (χ1v) is 10.8. The number of carbonyl (C=O) groups is 1. The Labute approximate surface area is 177 Å². The van der Waals surface area contributed by atoms with Gasteiger partial charge in [0.1, 0.15) is 6.29 Å². The number of benzene rings is 1. The summed E-state index contributed by atoms with van der Waals surface area (Å²) >= 11 is 0. The lowest BCUT2D eigenvalue weighted by molar-refractivity contribution is -0.104. The number of fused-ring (bicyclic) bond motifs is 1. The number of anilines is 1. The molecule has 1 aliphatic rings. The number of hydrogen-bond donors (Lipinski definition) is 1. The number of carbonyl (C=O) groups excluding carboxylic acids is 1. The van der Waals surface area contributed by atoms with Gasteiger partial charge in [0.15, 0.2) is 0 Å². The van der Waals surface area contributed by atoms with Crippen molar-refractivity contribution in [2.24, 2.45) is 0 Å². The van der Waals surface area contributed by atoms with Gasteiger partial charge in [-0.3, -0.25) is 9.78 Å². The molecule has 0 bridgehead atoms. The minimum atomic E-state index is 0.788. The fraction of sp³-hybridized carbons (Fsp3) is 0.320. The Kier molecular flexibility index (Phi) is 6.83. The molecule has 3 aromatic rings. The van der Waals surface area contributed by atoms with Gasteiger partial charge in [-0.2, -0.15) is 0 Å². The number of likely N-dealkylation sites (tertiary alicyclic amines) is 1. The summed E-state index contributed by atoms with van der Waals surface area (Å²) in [6, 6.07) is 12.2. The first kappa shape index (κ1) is 20.2. The van der Waals surface area contributed by atoms with E-state index in [2.05, 4.69) is 21.3 Å². The molecule has 1 aliphatic heterocycles. The molecule has 0 amide bonds. The molecule has 1 fully saturated rings. The summed E-state index contributed by atoms with van der Waals surface area (Å²) in [7, 11) is 0. The summed E-state index contributed by atoms with van der Waals surface area (Å²) in [5.41, 5.74) is 4.98. The van der Waals surface area contributed by atoms with Gasteiger partial charge in [0.2, 0.25) is 0 Å². The summed E-state index contributed by atoms with van der Waals surface area (Å²) < 4.78 is 0. The van der Waals surface area contributed by atoms with Gasteiger partial charge in [-0.15, -0.1) is 0 Å². The fourth-order valence-electron chi connectivity index (χ4n) is 3.99. The Hall–Kier alpha value is -3.05. The van der Waals surface area contributed by atoms with Gasteiger partial charge >= 0.3 is 0 Å². The van der Waals surface area contributed by atoms with E-state index in [1.54, 1.807) is 12.3 Å². The maximum absolute atomic E-state index is 10.5. The predicted molar refractivity (Wildman–Crippen MR) is 123 cm³/mol. The molecular weight excluding hydrogens is 372 g/mol. The summed E-state index contributed by atoms with van der Waals surface area (Å²) in [4.78, 5) is 22.2. The third kappa shape index (κ3) is 5.10. The fourth-order valence-corrected chi connectivity index (χ4v) is 3.99. The molecule has 1 saturated heterocycles. The minimum absolute atomic E-state index is 0.788. The highest BCUT2D eigenvalue weighted by Crippen LogP contribution is 2.28. The van der Waals surface area contributed by atoms with Crippen molar-refractivity contribution in [1.29, 1.82) is 0 Å². The first-order valence-electron chi connectivity index (χ1n) is 10.8. The van der Waals surface area contributed by atoms with E-state index in [1.807, 2.05) is 36.5 Å². The molecule has 0 aliphatic carbocycles. The van der Waals surface area contributed by atoms with Crippen molar-refractivity contribution >= 4 is 29.0 Å². The van der Waals surface area contributed by atoms with Crippen LogP contribution >= 0.6 is 0 Å². The van der Waals surface area contributed by atoms with Crippen molar-refractivity contribution in [2.45, 2.75) is 25.7 Å².